The number of nitrogens with zero attached hydrogens (tertiary/aromatic N) is 3. The highest BCUT2D eigenvalue weighted by Crippen LogP contribution is 2.68. The highest BCUT2D eigenvalue weighted by Gasteiger charge is 2.66. The number of hydrogen-bond acceptors (Lipinski definition) is 6. The second-order valence-electron chi connectivity index (χ2n) is 7.11. The van der Waals surface area contributed by atoms with Crippen molar-refractivity contribution in [1.82, 2.24) is 20.1 Å². The third-order valence-corrected chi connectivity index (χ3v) is 5.99. The van der Waals surface area contributed by atoms with Crippen molar-refractivity contribution in [2.24, 2.45) is 5.41 Å². The second kappa shape index (κ2) is 6.83. The van der Waals surface area contributed by atoms with Crippen LogP contribution in [0.5, 0.6) is 0 Å². The van der Waals surface area contributed by atoms with E-state index in [0.717, 1.165) is 12.2 Å². The van der Waals surface area contributed by atoms with Gasteiger partial charge in [0.05, 0.1) is 18.4 Å². The van der Waals surface area contributed by atoms with E-state index in [0.29, 0.717) is 12.4 Å². The Morgan fingerprint density at radius 2 is 2.15 bits per heavy atom. The molecule has 2 heterocycles. The molecule has 1 saturated carbocycles. The third-order valence-electron chi connectivity index (χ3n) is 4.96. The summed E-state index contributed by atoms with van der Waals surface area (Å²) < 4.78 is 6.70. The first-order valence-electron chi connectivity index (χ1n) is 8.68. The molecular formula is C18H24N4O3S. The summed E-state index contributed by atoms with van der Waals surface area (Å²) in [7, 11) is 1.58. The van der Waals surface area contributed by atoms with Crippen LogP contribution in [0, 0.1) is 5.41 Å². The van der Waals surface area contributed by atoms with Crippen LogP contribution < -0.4 is 5.32 Å². The largest absolute Gasteiger partial charge is 0.465 e. The van der Waals surface area contributed by atoms with E-state index in [4.69, 9.17) is 4.74 Å². The number of hydrogen-bond donors (Lipinski definition) is 1. The lowest BCUT2D eigenvalue weighted by molar-refractivity contribution is -0.144. The number of ether oxygens (including phenoxy) is 1. The smallest absolute Gasteiger partial charge is 0.327 e. The van der Waals surface area contributed by atoms with E-state index in [-0.39, 0.29) is 35.7 Å². The fraction of sp³-hybridized carbons (Fsp3) is 0.556. The maximum atomic E-state index is 12.1. The molecule has 0 spiro atoms. The zero-order chi connectivity index (χ0) is 18.9. The number of carbonyl (C=O) groups is 2. The molecule has 1 aliphatic carbocycles. The predicted molar refractivity (Wildman–Crippen MR) is 97.9 cm³/mol. The average Bonchev–Trinajstić information content (AvgIpc) is 2.98. The zero-order valence-corrected chi connectivity index (χ0v) is 16.4. The van der Waals surface area contributed by atoms with E-state index >= 15 is 0 Å². The van der Waals surface area contributed by atoms with Crippen LogP contribution >= 0.6 is 11.3 Å². The minimum atomic E-state index is -0.357. The predicted octanol–water partition coefficient (Wildman–Crippen LogP) is 1.91. The van der Waals surface area contributed by atoms with E-state index in [1.807, 2.05) is 11.4 Å². The lowest BCUT2D eigenvalue weighted by atomic mass is 9.93. The van der Waals surface area contributed by atoms with Gasteiger partial charge in [0, 0.05) is 11.9 Å². The number of rotatable bonds is 7. The topological polar surface area (TPSA) is 86.1 Å². The zero-order valence-electron chi connectivity index (χ0n) is 15.5. The number of thiophene rings is 1. The Morgan fingerprint density at radius 1 is 1.42 bits per heavy atom. The van der Waals surface area contributed by atoms with Crippen LogP contribution in [0.1, 0.15) is 43.7 Å². The number of aromatic nitrogens is 3. The van der Waals surface area contributed by atoms with Gasteiger partial charge in [0.25, 0.3) is 0 Å². The fourth-order valence-electron chi connectivity index (χ4n) is 3.50. The normalized spacial score (nSPS) is 20.6. The molecule has 2 aromatic rings. The summed E-state index contributed by atoms with van der Waals surface area (Å²) in [5, 5.41) is 9.08. The standard InChI is InChI=1S/C18H24N4O3S/c1-5-25-15(24)10-22-16(20-13(21-22)9-14(23)19-4)18(11-17(18,2)3)12-7-6-8-26-12/h6-8H,5,9-11H2,1-4H3,(H,19,23). The molecule has 140 valence electrons. The summed E-state index contributed by atoms with van der Waals surface area (Å²) in [6.07, 6.45) is 1.00. The van der Waals surface area contributed by atoms with Crippen LogP contribution in [0.15, 0.2) is 17.5 Å². The molecule has 3 rings (SSSR count). The monoisotopic (exact) mass is 376 g/mol. The summed E-state index contributed by atoms with van der Waals surface area (Å²) >= 11 is 1.68. The first-order valence-corrected chi connectivity index (χ1v) is 9.56. The highest BCUT2D eigenvalue weighted by molar-refractivity contribution is 7.10. The lowest BCUT2D eigenvalue weighted by Crippen LogP contribution is -2.24. The first-order chi connectivity index (χ1) is 12.3. The van der Waals surface area contributed by atoms with Crippen molar-refractivity contribution in [3.8, 4) is 0 Å². The highest BCUT2D eigenvalue weighted by atomic mass is 32.1. The second-order valence-corrected chi connectivity index (χ2v) is 8.06. The van der Waals surface area contributed by atoms with Gasteiger partial charge in [0.2, 0.25) is 5.91 Å². The third kappa shape index (κ3) is 3.13. The Hall–Kier alpha value is -2.22. The van der Waals surface area contributed by atoms with Gasteiger partial charge in [-0.25, -0.2) is 9.67 Å². The van der Waals surface area contributed by atoms with E-state index in [1.165, 1.54) is 4.88 Å². The molecule has 7 nitrogen and oxygen atoms in total. The molecule has 8 heteroatoms. The first kappa shape index (κ1) is 18.6. The van der Waals surface area contributed by atoms with Gasteiger partial charge < -0.3 is 10.1 Å². The molecule has 1 atom stereocenters. The molecule has 0 aromatic carbocycles. The molecule has 1 fully saturated rings. The Balaban J connectivity index is 2.03. The molecule has 0 radical (unpaired) electrons. The van der Waals surface area contributed by atoms with Crippen molar-refractivity contribution in [1.29, 1.82) is 0 Å². The Kier molecular flexibility index (Phi) is 4.88. The maximum Gasteiger partial charge on any atom is 0.327 e. The van der Waals surface area contributed by atoms with Crippen molar-refractivity contribution in [2.45, 2.75) is 45.6 Å². The molecule has 2 aromatic heterocycles. The number of amides is 1. The molecule has 26 heavy (non-hydrogen) atoms. The van der Waals surface area contributed by atoms with Crippen molar-refractivity contribution in [2.75, 3.05) is 13.7 Å². The Labute approximate surface area is 156 Å². The van der Waals surface area contributed by atoms with Gasteiger partial charge in [0.15, 0.2) is 5.82 Å². The van der Waals surface area contributed by atoms with Crippen LogP contribution in [0.2, 0.25) is 0 Å². The average molecular weight is 376 g/mol. The minimum absolute atomic E-state index is 0.00157. The van der Waals surface area contributed by atoms with E-state index < -0.39 is 0 Å². The molecule has 0 saturated heterocycles. The van der Waals surface area contributed by atoms with Gasteiger partial charge in [-0.2, -0.15) is 5.10 Å². The molecule has 1 aliphatic rings. The van der Waals surface area contributed by atoms with Gasteiger partial charge in [-0.15, -0.1) is 11.3 Å². The van der Waals surface area contributed by atoms with Crippen molar-refractivity contribution < 1.29 is 14.3 Å². The van der Waals surface area contributed by atoms with Crippen LogP contribution in [0.25, 0.3) is 0 Å². The molecule has 1 unspecified atom stereocenters. The summed E-state index contributed by atoms with van der Waals surface area (Å²) in [5.41, 5.74) is -0.289. The molecular weight excluding hydrogens is 352 g/mol. The minimum Gasteiger partial charge on any atom is -0.465 e. The Morgan fingerprint density at radius 3 is 2.69 bits per heavy atom. The van der Waals surface area contributed by atoms with Crippen LogP contribution in [0.3, 0.4) is 0 Å². The van der Waals surface area contributed by atoms with Crippen molar-refractivity contribution in [3.05, 3.63) is 34.0 Å². The molecule has 0 aliphatic heterocycles. The quantitative estimate of drug-likeness (QED) is 0.746. The summed E-state index contributed by atoms with van der Waals surface area (Å²) in [6, 6.07) is 4.12. The van der Waals surface area contributed by atoms with Gasteiger partial charge in [-0.3, -0.25) is 9.59 Å². The van der Waals surface area contributed by atoms with Gasteiger partial charge in [-0.1, -0.05) is 19.9 Å². The molecule has 1 amide bonds. The van der Waals surface area contributed by atoms with Gasteiger partial charge >= 0.3 is 5.97 Å². The fourth-order valence-corrected chi connectivity index (χ4v) is 4.61. The number of likely N-dealkylation sites (N-methyl/N-ethyl adjacent to an activating group) is 1. The lowest BCUT2D eigenvalue weighted by Gasteiger charge is -2.19. The Bertz CT molecular complexity index is 813. The summed E-state index contributed by atoms with van der Waals surface area (Å²) in [4.78, 5) is 29.7. The van der Waals surface area contributed by atoms with Crippen LogP contribution in [-0.4, -0.2) is 40.3 Å². The van der Waals surface area contributed by atoms with E-state index in [9.17, 15) is 9.59 Å². The maximum absolute atomic E-state index is 12.1. The van der Waals surface area contributed by atoms with Gasteiger partial charge in [-0.05, 0) is 30.2 Å². The van der Waals surface area contributed by atoms with E-state index in [2.05, 4.69) is 35.3 Å². The van der Waals surface area contributed by atoms with Crippen molar-refractivity contribution >= 4 is 23.2 Å². The molecule has 0 bridgehead atoms. The van der Waals surface area contributed by atoms with Crippen LogP contribution in [-0.2, 0) is 32.7 Å². The van der Waals surface area contributed by atoms with Crippen LogP contribution in [0.4, 0.5) is 0 Å². The SMILES string of the molecule is CCOC(=O)Cn1nc(CC(=O)NC)nc1C1(c2cccs2)CC1(C)C. The summed E-state index contributed by atoms with van der Waals surface area (Å²) in [6.45, 7) is 6.46. The summed E-state index contributed by atoms with van der Waals surface area (Å²) in [5.74, 6) is 0.633. The van der Waals surface area contributed by atoms with Crippen molar-refractivity contribution in [3.63, 3.8) is 0 Å². The van der Waals surface area contributed by atoms with Gasteiger partial charge in [0.1, 0.15) is 12.4 Å². The molecule has 1 N–H and O–H groups in total. The number of nitrogens with one attached hydrogen (secondary N) is 1. The van der Waals surface area contributed by atoms with E-state index in [1.54, 1.807) is 30.0 Å². The number of esters is 1. The number of carbonyl (C=O) groups excluding carboxylic acids is 2.